The molecule has 0 saturated heterocycles. The third-order valence-corrected chi connectivity index (χ3v) is 5.92. The number of amides is 1. The lowest BCUT2D eigenvalue weighted by atomic mass is 10.2. The SMILES string of the molecule is Cc1nc(-c2ccccc2)sc1C(=O)OCC(=O)Nc1ccc(S(N)(=O)=O)cc1. The fourth-order valence-electron chi connectivity index (χ4n) is 2.41. The maximum absolute atomic E-state index is 12.3. The topological polar surface area (TPSA) is 128 Å². The van der Waals surface area contributed by atoms with Gasteiger partial charge in [-0.25, -0.2) is 23.3 Å². The minimum atomic E-state index is -3.81. The minimum Gasteiger partial charge on any atom is -0.451 e. The van der Waals surface area contributed by atoms with Crippen LogP contribution >= 0.6 is 11.3 Å². The van der Waals surface area contributed by atoms with Gasteiger partial charge < -0.3 is 10.1 Å². The zero-order valence-corrected chi connectivity index (χ0v) is 16.9. The Labute approximate surface area is 171 Å². The lowest BCUT2D eigenvalue weighted by Crippen LogP contribution is -2.21. The molecule has 8 nitrogen and oxygen atoms in total. The zero-order chi connectivity index (χ0) is 21.0. The number of esters is 1. The second-order valence-corrected chi connectivity index (χ2v) is 8.55. The van der Waals surface area contributed by atoms with E-state index in [2.05, 4.69) is 10.3 Å². The highest BCUT2D eigenvalue weighted by molar-refractivity contribution is 7.89. The number of nitrogens with zero attached hydrogens (tertiary/aromatic N) is 1. The molecule has 29 heavy (non-hydrogen) atoms. The highest BCUT2D eigenvalue weighted by atomic mass is 32.2. The minimum absolute atomic E-state index is 0.0724. The Kier molecular flexibility index (Phi) is 6.06. The van der Waals surface area contributed by atoms with Gasteiger partial charge in [0.2, 0.25) is 10.0 Å². The third kappa shape index (κ3) is 5.25. The number of anilines is 1. The monoisotopic (exact) mass is 431 g/mol. The lowest BCUT2D eigenvalue weighted by molar-refractivity contribution is -0.119. The Bertz CT molecular complexity index is 1140. The average Bonchev–Trinajstić information content (AvgIpc) is 3.08. The number of nitrogens with one attached hydrogen (secondary N) is 1. The number of thiazole rings is 1. The van der Waals surface area contributed by atoms with E-state index in [4.69, 9.17) is 9.88 Å². The van der Waals surface area contributed by atoms with E-state index in [9.17, 15) is 18.0 Å². The van der Waals surface area contributed by atoms with E-state index in [-0.39, 0.29) is 4.90 Å². The normalized spacial score (nSPS) is 11.1. The number of carbonyl (C=O) groups excluding carboxylic acids is 2. The number of hydrogen-bond donors (Lipinski definition) is 2. The molecule has 10 heteroatoms. The standard InChI is InChI=1S/C19H17N3O5S2/c1-12-17(28-18(21-12)13-5-3-2-4-6-13)19(24)27-11-16(23)22-14-7-9-15(10-8-14)29(20,25)26/h2-10H,11H2,1H3,(H,22,23)(H2,20,25,26). The Morgan fingerprint density at radius 2 is 1.76 bits per heavy atom. The second-order valence-electron chi connectivity index (χ2n) is 5.99. The van der Waals surface area contributed by atoms with Gasteiger partial charge in [0.05, 0.1) is 10.6 Å². The van der Waals surface area contributed by atoms with Crippen LogP contribution in [-0.2, 0) is 19.6 Å². The molecular weight excluding hydrogens is 414 g/mol. The summed E-state index contributed by atoms with van der Waals surface area (Å²) < 4.78 is 27.5. The summed E-state index contributed by atoms with van der Waals surface area (Å²) in [7, 11) is -3.81. The van der Waals surface area contributed by atoms with Gasteiger partial charge in [-0.15, -0.1) is 11.3 Å². The van der Waals surface area contributed by atoms with E-state index in [0.717, 1.165) is 5.56 Å². The Hall–Kier alpha value is -3.08. The van der Waals surface area contributed by atoms with Crippen LogP contribution in [0.25, 0.3) is 10.6 Å². The van der Waals surface area contributed by atoms with Crippen molar-refractivity contribution in [3.63, 3.8) is 0 Å². The van der Waals surface area contributed by atoms with E-state index < -0.39 is 28.5 Å². The molecular formula is C19H17N3O5S2. The average molecular weight is 431 g/mol. The van der Waals surface area contributed by atoms with Gasteiger partial charge in [0.1, 0.15) is 9.88 Å². The molecule has 0 atom stereocenters. The molecule has 3 rings (SSSR count). The van der Waals surface area contributed by atoms with Crippen LogP contribution in [0.3, 0.4) is 0 Å². The van der Waals surface area contributed by atoms with Gasteiger partial charge in [0.15, 0.2) is 6.61 Å². The van der Waals surface area contributed by atoms with Crippen molar-refractivity contribution < 1.29 is 22.7 Å². The first-order valence-corrected chi connectivity index (χ1v) is 10.7. The molecule has 0 radical (unpaired) electrons. The van der Waals surface area contributed by atoms with Gasteiger partial charge in [-0.3, -0.25) is 4.79 Å². The van der Waals surface area contributed by atoms with Gasteiger partial charge in [0.25, 0.3) is 5.91 Å². The maximum atomic E-state index is 12.3. The quantitative estimate of drug-likeness (QED) is 0.577. The van der Waals surface area contributed by atoms with E-state index in [1.54, 1.807) is 6.92 Å². The van der Waals surface area contributed by atoms with Crippen LogP contribution < -0.4 is 10.5 Å². The Morgan fingerprint density at radius 1 is 1.10 bits per heavy atom. The van der Waals surface area contributed by atoms with Crippen LogP contribution in [-0.4, -0.2) is 31.9 Å². The van der Waals surface area contributed by atoms with Crippen LogP contribution in [0.5, 0.6) is 0 Å². The molecule has 0 aliphatic heterocycles. The van der Waals surface area contributed by atoms with Gasteiger partial charge in [0, 0.05) is 11.3 Å². The van der Waals surface area contributed by atoms with Crippen molar-refractivity contribution in [2.75, 3.05) is 11.9 Å². The van der Waals surface area contributed by atoms with Crippen molar-refractivity contribution >= 4 is 38.9 Å². The summed E-state index contributed by atoms with van der Waals surface area (Å²) in [6.07, 6.45) is 0. The summed E-state index contributed by atoms with van der Waals surface area (Å²) in [4.78, 5) is 28.9. The van der Waals surface area contributed by atoms with Crippen molar-refractivity contribution in [3.8, 4) is 10.6 Å². The van der Waals surface area contributed by atoms with E-state index in [1.165, 1.54) is 35.6 Å². The van der Waals surface area contributed by atoms with Gasteiger partial charge in [-0.2, -0.15) is 0 Å². The van der Waals surface area contributed by atoms with Gasteiger partial charge in [-0.1, -0.05) is 30.3 Å². The molecule has 2 aromatic carbocycles. The highest BCUT2D eigenvalue weighted by Crippen LogP contribution is 2.28. The first-order chi connectivity index (χ1) is 13.7. The number of carbonyl (C=O) groups is 2. The number of primary sulfonamides is 1. The van der Waals surface area contributed by atoms with Crippen molar-refractivity contribution in [1.82, 2.24) is 4.98 Å². The molecule has 1 amide bonds. The van der Waals surface area contributed by atoms with Gasteiger partial charge >= 0.3 is 5.97 Å². The third-order valence-electron chi connectivity index (χ3n) is 3.80. The fraction of sp³-hybridized carbons (Fsp3) is 0.105. The number of ether oxygens (including phenoxy) is 1. The molecule has 150 valence electrons. The van der Waals surface area contributed by atoms with Crippen molar-refractivity contribution in [2.24, 2.45) is 5.14 Å². The number of sulfonamides is 1. The van der Waals surface area contributed by atoms with E-state index in [0.29, 0.717) is 21.3 Å². The predicted molar refractivity (Wildman–Crippen MR) is 109 cm³/mol. The van der Waals surface area contributed by atoms with Crippen LogP contribution in [0.2, 0.25) is 0 Å². The summed E-state index contributed by atoms with van der Waals surface area (Å²) in [5, 5.41) is 8.22. The molecule has 0 bridgehead atoms. The second kappa shape index (κ2) is 8.52. The molecule has 0 spiro atoms. The van der Waals surface area contributed by atoms with Crippen LogP contribution in [0.1, 0.15) is 15.4 Å². The molecule has 1 aromatic heterocycles. The van der Waals surface area contributed by atoms with E-state index >= 15 is 0 Å². The van der Waals surface area contributed by atoms with Crippen LogP contribution in [0, 0.1) is 6.92 Å². The molecule has 0 saturated carbocycles. The first kappa shape index (κ1) is 20.6. The lowest BCUT2D eigenvalue weighted by Gasteiger charge is -2.07. The summed E-state index contributed by atoms with van der Waals surface area (Å²) >= 11 is 1.19. The summed E-state index contributed by atoms with van der Waals surface area (Å²) in [5.74, 6) is -1.20. The molecule has 0 fully saturated rings. The predicted octanol–water partition coefficient (Wildman–Crippen LogP) is 2.56. The number of benzene rings is 2. The molecule has 1 heterocycles. The molecule has 0 aliphatic carbocycles. The highest BCUT2D eigenvalue weighted by Gasteiger charge is 2.18. The number of aromatic nitrogens is 1. The first-order valence-electron chi connectivity index (χ1n) is 8.37. The Morgan fingerprint density at radius 3 is 2.38 bits per heavy atom. The van der Waals surface area contributed by atoms with Crippen molar-refractivity contribution in [1.29, 1.82) is 0 Å². The Balaban J connectivity index is 1.59. The summed E-state index contributed by atoms with van der Waals surface area (Å²) in [6.45, 7) is 1.21. The van der Waals surface area contributed by atoms with Crippen molar-refractivity contribution in [3.05, 3.63) is 65.2 Å². The molecule has 0 unspecified atom stereocenters. The molecule has 3 aromatic rings. The number of aryl methyl sites for hydroxylation is 1. The summed E-state index contributed by atoms with van der Waals surface area (Å²) in [6, 6.07) is 14.7. The van der Waals surface area contributed by atoms with Crippen LogP contribution in [0.15, 0.2) is 59.5 Å². The summed E-state index contributed by atoms with van der Waals surface area (Å²) in [5.41, 5.74) is 1.76. The van der Waals surface area contributed by atoms with E-state index in [1.807, 2.05) is 30.3 Å². The number of hydrogen-bond acceptors (Lipinski definition) is 7. The zero-order valence-electron chi connectivity index (χ0n) is 15.3. The van der Waals surface area contributed by atoms with Crippen LogP contribution in [0.4, 0.5) is 5.69 Å². The largest absolute Gasteiger partial charge is 0.451 e. The molecule has 0 aliphatic rings. The smallest absolute Gasteiger partial charge is 0.350 e. The number of nitrogens with two attached hydrogens (primary N) is 1. The molecule has 3 N–H and O–H groups in total. The van der Waals surface area contributed by atoms with Crippen molar-refractivity contribution in [2.45, 2.75) is 11.8 Å². The van der Waals surface area contributed by atoms with Gasteiger partial charge in [-0.05, 0) is 31.2 Å². The maximum Gasteiger partial charge on any atom is 0.350 e. The fourth-order valence-corrected chi connectivity index (χ4v) is 3.89. The number of rotatable bonds is 6.